The Morgan fingerprint density at radius 3 is 2.48 bits per heavy atom. The van der Waals surface area contributed by atoms with E-state index in [1.807, 2.05) is 47.3 Å². The lowest BCUT2D eigenvalue weighted by molar-refractivity contribution is -0.115. The predicted molar refractivity (Wildman–Crippen MR) is 91.3 cm³/mol. The molecule has 4 heteroatoms. The molecule has 1 amide bonds. The van der Waals surface area contributed by atoms with Crippen molar-refractivity contribution in [1.29, 1.82) is 0 Å². The van der Waals surface area contributed by atoms with Gasteiger partial charge in [0.25, 0.3) is 0 Å². The van der Waals surface area contributed by atoms with Crippen molar-refractivity contribution < 1.29 is 4.79 Å². The number of hydrogen-bond donors (Lipinski definition) is 1. The summed E-state index contributed by atoms with van der Waals surface area (Å²) in [7, 11) is 0. The number of hydrogen-bond acceptors (Lipinski definition) is 2. The van der Waals surface area contributed by atoms with E-state index >= 15 is 0 Å². The lowest BCUT2D eigenvalue weighted by Crippen LogP contribution is -2.15. The van der Waals surface area contributed by atoms with Crippen LogP contribution < -0.4 is 5.32 Å². The number of rotatable bonds is 5. The molecule has 1 aromatic heterocycles. The molecule has 0 aliphatic rings. The van der Waals surface area contributed by atoms with Crippen molar-refractivity contribution in [3.05, 3.63) is 83.6 Å². The molecule has 1 heterocycles. The van der Waals surface area contributed by atoms with E-state index in [-0.39, 0.29) is 5.91 Å². The normalized spacial score (nSPS) is 10.5. The fourth-order valence-electron chi connectivity index (χ4n) is 2.37. The van der Waals surface area contributed by atoms with Crippen molar-refractivity contribution in [2.45, 2.75) is 19.9 Å². The summed E-state index contributed by atoms with van der Waals surface area (Å²) in [4.78, 5) is 12.0. The van der Waals surface area contributed by atoms with E-state index < -0.39 is 0 Å². The quantitative estimate of drug-likeness (QED) is 0.785. The third-order valence-corrected chi connectivity index (χ3v) is 3.58. The van der Waals surface area contributed by atoms with Gasteiger partial charge in [-0.1, -0.05) is 60.2 Å². The Bertz CT molecular complexity index is 776. The number of carbonyl (C=O) groups is 1. The minimum Gasteiger partial charge on any atom is -0.309 e. The van der Waals surface area contributed by atoms with E-state index in [0.29, 0.717) is 18.8 Å². The van der Waals surface area contributed by atoms with Gasteiger partial charge in [-0.05, 0) is 18.1 Å². The summed E-state index contributed by atoms with van der Waals surface area (Å²) < 4.78 is 1.82. The largest absolute Gasteiger partial charge is 0.309 e. The molecule has 0 fully saturated rings. The van der Waals surface area contributed by atoms with Crippen molar-refractivity contribution in [3.63, 3.8) is 0 Å². The van der Waals surface area contributed by atoms with Gasteiger partial charge in [-0.2, -0.15) is 5.10 Å². The van der Waals surface area contributed by atoms with Crippen LogP contribution in [0.1, 0.15) is 16.7 Å². The first kappa shape index (κ1) is 15.0. The molecule has 0 saturated carbocycles. The smallest absolute Gasteiger partial charge is 0.229 e. The average molecular weight is 305 g/mol. The van der Waals surface area contributed by atoms with Crippen LogP contribution in [-0.2, 0) is 17.8 Å². The fraction of sp³-hybridized carbons (Fsp3) is 0.158. The molecule has 0 aliphatic carbocycles. The van der Waals surface area contributed by atoms with E-state index in [0.717, 1.165) is 5.56 Å². The number of aryl methyl sites for hydroxylation is 1. The second-order valence-corrected chi connectivity index (χ2v) is 5.59. The Hall–Kier alpha value is -2.88. The number of nitrogens with zero attached hydrogens (tertiary/aromatic N) is 2. The topological polar surface area (TPSA) is 46.9 Å². The SMILES string of the molecule is Cc1ccc(Cn2ccc(NC(=O)Cc3ccccc3)n2)cc1. The van der Waals surface area contributed by atoms with Gasteiger partial charge < -0.3 is 5.32 Å². The molecule has 0 atom stereocenters. The molecule has 3 rings (SSSR count). The zero-order chi connectivity index (χ0) is 16.1. The van der Waals surface area contributed by atoms with E-state index in [2.05, 4.69) is 41.6 Å². The van der Waals surface area contributed by atoms with Crippen LogP contribution in [0.4, 0.5) is 5.82 Å². The van der Waals surface area contributed by atoms with Gasteiger partial charge in [-0.3, -0.25) is 9.48 Å². The molecule has 0 aliphatic heterocycles. The van der Waals surface area contributed by atoms with Crippen molar-refractivity contribution in [2.24, 2.45) is 0 Å². The molecule has 0 radical (unpaired) electrons. The monoisotopic (exact) mass is 305 g/mol. The van der Waals surface area contributed by atoms with Crippen LogP contribution in [0.15, 0.2) is 66.9 Å². The van der Waals surface area contributed by atoms with Crippen LogP contribution in [0.5, 0.6) is 0 Å². The highest BCUT2D eigenvalue weighted by atomic mass is 16.1. The Labute approximate surface area is 135 Å². The van der Waals surface area contributed by atoms with Gasteiger partial charge >= 0.3 is 0 Å². The third-order valence-electron chi connectivity index (χ3n) is 3.58. The van der Waals surface area contributed by atoms with Crippen molar-refractivity contribution in [1.82, 2.24) is 9.78 Å². The Kier molecular flexibility index (Phi) is 4.52. The molecule has 2 aromatic carbocycles. The number of anilines is 1. The van der Waals surface area contributed by atoms with Crippen LogP contribution in [0.25, 0.3) is 0 Å². The molecule has 3 aromatic rings. The summed E-state index contributed by atoms with van der Waals surface area (Å²) >= 11 is 0. The first-order valence-corrected chi connectivity index (χ1v) is 7.62. The Morgan fingerprint density at radius 1 is 1.00 bits per heavy atom. The molecule has 0 bridgehead atoms. The van der Waals surface area contributed by atoms with Crippen LogP contribution in [-0.4, -0.2) is 15.7 Å². The Balaban J connectivity index is 1.58. The van der Waals surface area contributed by atoms with Gasteiger partial charge in [0.2, 0.25) is 5.91 Å². The fourth-order valence-corrected chi connectivity index (χ4v) is 2.37. The third kappa shape index (κ3) is 4.30. The molecule has 0 spiro atoms. The van der Waals surface area contributed by atoms with Gasteiger partial charge in [-0.15, -0.1) is 0 Å². The maximum absolute atomic E-state index is 12.0. The lowest BCUT2D eigenvalue weighted by Gasteiger charge is -2.04. The van der Waals surface area contributed by atoms with Gasteiger partial charge in [0.1, 0.15) is 0 Å². The summed E-state index contributed by atoms with van der Waals surface area (Å²) in [5.41, 5.74) is 3.41. The lowest BCUT2D eigenvalue weighted by atomic mass is 10.1. The van der Waals surface area contributed by atoms with Crippen molar-refractivity contribution >= 4 is 11.7 Å². The summed E-state index contributed by atoms with van der Waals surface area (Å²) in [5.74, 6) is 0.523. The number of aromatic nitrogens is 2. The highest BCUT2D eigenvalue weighted by molar-refractivity contribution is 5.91. The molecule has 0 saturated heterocycles. The maximum atomic E-state index is 12.0. The van der Waals surface area contributed by atoms with E-state index in [9.17, 15) is 4.79 Å². The molecule has 23 heavy (non-hydrogen) atoms. The molecular weight excluding hydrogens is 286 g/mol. The minimum atomic E-state index is -0.0585. The predicted octanol–water partition coefficient (Wildman–Crippen LogP) is 3.42. The van der Waals surface area contributed by atoms with E-state index in [4.69, 9.17) is 0 Å². The zero-order valence-corrected chi connectivity index (χ0v) is 13.1. The first-order valence-electron chi connectivity index (χ1n) is 7.62. The van der Waals surface area contributed by atoms with Gasteiger partial charge in [-0.25, -0.2) is 0 Å². The van der Waals surface area contributed by atoms with Gasteiger partial charge in [0.15, 0.2) is 5.82 Å². The van der Waals surface area contributed by atoms with E-state index in [1.54, 1.807) is 0 Å². The first-order chi connectivity index (χ1) is 11.2. The van der Waals surface area contributed by atoms with E-state index in [1.165, 1.54) is 11.1 Å². The Morgan fingerprint density at radius 2 is 1.74 bits per heavy atom. The zero-order valence-electron chi connectivity index (χ0n) is 13.1. The molecule has 4 nitrogen and oxygen atoms in total. The number of nitrogens with one attached hydrogen (secondary N) is 1. The molecular formula is C19H19N3O. The number of carbonyl (C=O) groups excluding carboxylic acids is 1. The highest BCUT2D eigenvalue weighted by Gasteiger charge is 2.06. The molecule has 116 valence electrons. The highest BCUT2D eigenvalue weighted by Crippen LogP contribution is 2.09. The maximum Gasteiger partial charge on any atom is 0.229 e. The van der Waals surface area contributed by atoms with Gasteiger partial charge in [0.05, 0.1) is 13.0 Å². The number of amides is 1. The van der Waals surface area contributed by atoms with Crippen LogP contribution >= 0.6 is 0 Å². The average Bonchev–Trinajstić information content (AvgIpc) is 2.97. The molecule has 0 unspecified atom stereocenters. The summed E-state index contributed by atoms with van der Waals surface area (Å²) in [6, 6.07) is 19.8. The summed E-state index contributed by atoms with van der Waals surface area (Å²) in [5, 5.41) is 7.23. The second-order valence-electron chi connectivity index (χ2n) is 5.59. The van der Waals surface area contributed by atoms with Crippen molar-refractivity contribution in [2.75, 3.05) is 5.32 Å². The summed E-state index contributed by atoms with van der Waals surface area (Å²) in [6.07, 6.45) is 2.23. The standard InChI is InChI=1S/C19H19N3O/c1-15-7-9-17(10-8-15)14-22-12-11-18(21-22)20-19(23)13-16-5-3-2-4-6-16/h2-12H,13-14H2,1H3,(H,20,21,23). The minimum absolute atomic E-state index is 0.0585. The summed E-state index contributed by atoms with van der Waals surface area (Å²) in [6.45, 7) is 2.76. The van der Waals surface area contributed by atoms with Crippen LogP contribution in [0.3, 0.4) is 0 Å². The van der Waals surface area contributed by atoms with Gasteiger partial charge in [0, 0.05) is 12.3 Å². The van der Waals surface area contributed by atoms with Crippen molar-refractivity contribution in [3.8, 4) is 0 Å². The molecule has 1 N–H and O–H groups in total. The van der Waals surface area contributed by atoms with Crippen LogP contribution in [0.2, 0.25) is 0 Å². The second kappa shape index (κ2) is 6.92. The van der Waals surface area contributed by atoms with Crippen LogP contribution in [0, 0.1) is 6.92 Å². The number of benzene rings is 2.